The fraction of sp³-hybridized carbons (Fsp3) is 0.333. The van der Waals surface area contributed by atoms with Crippen LogP contribution in [0.15, 0.2) is 12.7 Å². The SMILES string of the molecule is C=CCP(=S)(S)Cl. The van der Waals surface area contributed by atoms with Gasteiger partial charge in [-0.2, -0.15) is 0 Å². The van der Waals surface area contributed by atoms with Crippen molar-refractivity contribution < 1.29 is 0 Å². The lowest BCUT2D eigenvalue weighted by Gasteiger charge is -1.97. The molecule has 0 radical (unpaired) electrons. The van der Waals surface area contributed by atoms with E-state index in [1.807, 2.05) is 0 Å². The van der Waals surface area contributed by atoms with Crippen molar-refractivity contribution in [3.05, 3.63) is 12.7 Å². The van der Waals surface area contributed by atoms with Gasteiger partial charge in [-0.1, -0.05) is 29.1 Å². The number of rotatable bonds is 2. The van der Waals surface area contributed by atoms with Crippen molar-refractivity contribution in [3.8, 4) is 0 Å². The molecule has 0 aliphatic heterocycles. The molecule has 0 fully saturated rings. The molecule has 1 unspecified atom stereocenters. The summed E-state index contributed by atoms with van der Waals surface area (Å²) in [5.41, 5.74) is 0. The van der Waals surface area contributed by atoms with Gasteiger partial charge in [0.05, 0.1) is 4.59 Å². The molecule has 0 aliphatic rings. The third kappa shape index (κ3) is 7.03. The molecule has 0 aromatic carbocycles. The van der Waals surface area contributed by atoms with Crippen LogP contribution in [0, 0.1) is 0 Å². The van der Waals surface area contributed by atoms with Crippen LogP contribution < -0.4 is 0 Å². The zero-order chi connectivity index (χ0) is 5.91. The minimum Gasteiger partial charge on any atom is -0.126 e. The van der Waals surface area contributed by atoms with Crippen LogP contribution in [0.2, 0.25) is 0 Å². The van der Waals surface area contributed by atoms with E-state index in [1.165, 1.54) is 0 Å². The minimum absolute atomic E-state index is 0.660. The van der Waals surface area contributed by atoms with E-state index in [-0.39, 0.29) is 0 Å². The van der Waals surface area contributed by atoms with Crippen molar-refractivity contribution in [1.29, 1.82) is 0 Å². The molecule has 0 amide bonds. The van der Waals surface area contributed by atoms with Gasteiger partial charge in [0.2, 0.25) is 0 Å². The lowest BCUT2D eigenvalue weighted by molar-refractivity contribution is 1.82. The third-order valence-electron chi connectivity index (χ3n) is 0.354. The Hall–Kier alpha value is 1.03. The van der Waals surface area contributed by atoms with Crippen molar-refractivity contribution in [1.82, 2.24) is 0 Å². The standard InChI is InChI=1S/C3H6ClPS2/c1-2-3-5(4,6)7/h2H,1,3H2,(H,6,7). The highest BCUT2D eigenvalue weighted by molar-refractivity contribution is 8.71. The summed E-state index contributed by atoms with van der Waals surface area (Å²) in [5, 5.41) is 0. The summed E-state index contributed by atoms with van der Waals surface area (Å²) in [7, 11) is 0. The maximum absolute atomic E-state index is 5.55. The molecule has 7 heavy (non-hydrogen) atoms. The molecule has 0 saturated heterocycles. The normalized spacial score (nSPS) is 18.0. The topological polar surface area (TPSA) is 0 Å². The van der Waals surface area contributed by atoms with Crippen molar-refractivity contribution in [3.63, 3.8) is 0 Å². The molecular weight excluding hydrogens is 167 g/mol. The van der Waals surface area contributed by atoms with Crippen LogP contribution in [-0.2, 0) is 11.8 Å². The van der Waals surface area contributed by atoms with Crippen molar-refractivity contribution in [2.45, 2.75) is 0 Å². The van der Waals surface area contributed by atoms with Crippen LogP contribution in [-0.4, -0.2) is 6.16 Å². The molecule has 0 N–H and O–H groups in total. The summed E-state index contributed by atoms with van der Waals surface area (Å²) in [6.45, 7) is 3.47. The Balaban J connectivity index is 3.57. The Kier molecular flexibility index (Phi) is 3.60. The molecule has 1 atom stereocenters. The molecule has 42 valence electrons. The highest BCUT2D eigenvalue weighted by Crippen LogP contribution is 2.56. The summed E-state index contributed by atoms with van der Waals surface area (Å²) in [6.07, 6.45) is 2.35. The summed E-state index contributed by atoms with van der Waals surface area (Å²) >= 11 is 14.3. The molecule has 0 saturated carbocycles. The van der Waals surface area contributed by atoms with Gasteiger partial charge in [-0.3, -0.25) is 0 Å². The average Bonchev–Trinajstić information content (AvgIpc) is 1.30. The van der Waals surface area contributed by atoms with E-state index in [0.29, 0.717) is 6.16 Å². The molecule has 0 rings (SSSR count). The fourth-order valence-electron chi connectivity index (χ4n) is 0.159. The van der Waals surface area contributed by atoms with E-state index in [9.17, 15) is 0 Å². The van der Waals surface area contributed by atoms with E-state index >= 15 is 0 Å². The van der Waals surface area contributed by atoms with Crippen LogP contribution >= 0.6 is 28.1 Å². The lowest BCUT2D eigenvalue weighted by Crippen LogP contribution is -1.63. The molecule has 0 aromatic heterocycles. The fourth-order valence-corrected chi connectivity index (χ4v) is 1.43. The Morgan fingerprint density at radius 3 is 2.43 bits per heavy atom. The second-order valence-electron chi connectivity index (χ2n) is 1.09. The number of thiol groups is 1. The molecule has 0 nitrogen and oxygen atoms in total. The summed E-state index contributed by atoms with van der Waals surface area (Å²) in [4.78, 5) is 0. The first kappa shape index (κ1) is 8.03. The van der Waals surface area contributed by atoms with Crippen LogP contribution in [0.1, 0.15) is 0 Å². The van der Waals surface area contributed by atoms with E-state index in [0.717, 1.165) is 0 Å². The molecule has 0 bridgehead atoms. The number of halogens is 1. The zero-order valence-corrected chi connectivity index (χ0v) is 7.03. The van der Waals surface area contributed by atoms with Crippen molar-refractivity contribution in [2.75, 3.05) is 6.16 Å². The van der Waals surface area contributed by atoms with Crippen molar-refractivity contribution >= 4 is 39.9 Å². The van der Waals surface area contributed by atoms with E-state index in [1.54, 1.807) is 6.08 Å². The van der Waals surface area contributed by atoms with Crippen LogP contribution in [0.25, 0.3) is 0 Å². The average molecular weight is 173 g/mol. The molecule has 4 heteroatoms. The lowest BCUT2D eigenvalue weighted by atomic mass is 10.8. The molecular formula is C3H6ClPS2. The smallest absolute Gasteiger partial charge is 0.0896 e. The molecule has 0 aliphatic carbocycles. The number of hydrogen-bond acceptors (Lipinski definition) is 1. The largest absolute Gasteiger partial charge is 0.126 e. The van der Waals surface area contributed by atoms with E-state index in [4.69, 9.17) is 23.0 Å². The van der Waals surface area contributed by atoms with Gasteiger partial charge in [0.25, 0.3) is 0 Å². The first-order valence-electron chi connectivity index (χ1n) is 1.68. The summed E-state index contributed by atoms with van der Waals surface area (Å²) in [5.74, 6) is 0. The Bertz CT molecular complexity index is 106. The van der Waals surface area contributed by atoms with Gasteiger partial charge in [-0.25, -0.2) is 0 Å². The van der Waals surface area contributed by atoms with Gasteiger partial charge in [0.1, 0.15) is 0 Å². The predicted molar refractivity (Wildman–Crippen MR) is 44.2 cm³/mol. The zero-order valence-electron chi connectivity index (χ0n) is 3.67. The van der Waals surface area contributed by atoms with Gasteiger partial charge < -0.3 is 0 Å². The maximum Gasteiger partial charge on any atom is 0.0896 e. The molecule has 0 aromatic rings. The van der Waals surface area contributed by atoms with Crippen LogP contribution in [0.5, 0.6) is 0 Å². The monoisotopic (exact) mass is 172 g/mol. The molecule has 0 heterocycles. The van der Waals surface area contributed by atoms with Gasteiger partial charge in [0.15, 0.2) is 0 Å². The Morgan fingerprint density at radius 2 is 2.43 bits per heavy atom. The number of allylic oxidation sites excluding steroid dienone is 1. The first-order chi connectivity index (χ1) is 3.06. The quantitative estimate of drug-likeness (QED) is 0.380. The second-order valence-corrected chi connectivity index (χ2v) is 10.5. The second kappa shape index (κ2) is 3.13. The summed E-state index contributed by atoms with van der Waals surface area (Å²) in [6, 6.07) is 0. The van der Waals surface area contributed by atoms with Gasteiger partial charge in [-0.15, -0.1) is 18.8 Å². The minimum atomic E-state index is -1.78. The summed E-state index contributed by atoms with van der Waals surface area (Å²) < 4.78 is -1.78. The predicted octanol–water partition coefficient (Wildman–Crippen LogP) is 2.65. The van der Waals surface area contributed by atoms with Crippen molar-refractivity contribution in [2.24, 2.45) is 0 Å². The van der Waals surface area contributed by atoms with Gasteiger partial charge >= 0.3 is 0 Å². The van der Waals surface area contributed by atoms with E-state index < -0.39 is 4.59 Å². The van der Waals surface area contributed by atoms with Crippen LogP contribution in [0.4, 0.5) is 0 Å². The highest BCUT2D eigenvalue weighted by atomic mass is 35.7. The van der Waals surface area contributed by atoms with Gasteiger partial charge in [-0.05, 0) is 0 Å². The molecule has 0 spiro atoms. The van der Waals surface area contributed by atoms with Crippen LogP contribution in [0.3, 0.4) is 0 Å². The Labute approximate surface area is 58.9 Å². The first-order valence-corrected chi connectivity index (χ1v) is 6.73. The third-order valence-corrected chi connectivity index (χ3v) is 2.41. The highest BCUT2D eigenvalue weighted by Gasteiger charge is 1.99. The Morgan fingerprint density at radius 1 is 2.00 bits per heavy atom. The van der Waals surface area contributed by atoms with Gasteiger partial charge in [0, 0.05) is 6.16 Å². The number of hydrogen-bond donors (Lipinski definition) is 1. The van der Waals surface area contributed by atoms with E-state index in [2.05, 4.69) is 18.8 Å². The maximum atomic E-state index is 5.55.